The van der Waals surface area contributed by atoms with Gasteiger partial charge in [-0.25, -0.2) is 9.97 Å². The van der Waals surface area contributed by atoms with E-state index in [1.807, 2.05) is 30.1 Å². The van der Waals surface area contributed by atoms with Crippen molar-refractivity contribution in [2.24, 2.45) is 0 Å². The average Bonchev–Trinajstić information content (AvgIpc) is 3.03. The molecule has 18 heavy (non-hydrogen) atoms. The second kappa shape index (κ2) is 5.28. The minimum absolute atomic E-state index is 0.214. The van der Waals surface area contributed by atoms with Gasteiger partial charge < -0.3 is 9.67 Å². The number of aryl methyl sites for hydroxylation is 1. The third kappa shape index (κ3) is 2.12. The maximum absolute atomic E-state index is 9.04. The Labute approximate surface area is 110 Å². The number of pyridine rings is 1. The largest absolute Gasteiger partial charge is 0.396 e. The van der Waals surface area contributed by atoms with E-state index in [0.717, 1.165) is 35.7 Å². The van der Waals surface area contributed by atoms with E-state index < -0.39 is 0 Å². The number of nitrogens with zero attached hydrogens (tertiary/aromatic N) is 3. The second-order valence-electron chi connectivity index (χ2n) is 4.61. The third-order valence-electron chi connectivity index (χ3n) is 3.37. The minimum atomic E-state index is 0.214. The maximum atomic E-state index is 9.04. The summed E-state index contributed by atoms with van der Waals surface area (Å²) in [5.74, 6) is 4.08. The molecule has 0 spiro atoms. The van der Waals surface area contributed by atoms with E-state index in [-0.39, 0.29) is 6.61 Å². The molecule has 1 saturated heterocycles. The predicted molar refractivity (Wildman–Crippen MR) is 73.9 cm³/mol. The van der Waals surface area contributed by atoms with Crippen LogP contribution in [0.4, 0.5) is 0 Å². The molecule has 3 heterocycles. The van der Waals surface area contributed by atoms with Gasteiger partial charge in [0.15, 0.2) is 5.65 Å². The maximum Gasteiger partial charge on any atom is 0.159 e. The van der Waals surface area contributed by atoms with E-state index >= 15 is 0 Å². The summed E-state index contributed by atoms with van der Waals surface area (Å²) in [7, 11) is 0. The number of aliphatic hydroxyl groups is 1. The van der Waals surface area contributed by atoms with Gasteiger partial charge in [-0.05, 0) is 30.7 Å². The molecule has 0 saturated carbocycles. The quantitative estimate of drug-likeness (QED) is 0.917. The molecule has 5 heteroatoms. The fourth-order valence-corrected chi connectivity index (χ4v) is 3.69. The van der Waals surface area contributed by atoms with Gasteiger partial charge in [-0.15, -0.1) is 0 Å². The normalized spacial score (nSPS) is 19.7. The van der Waals surface area contributed by atoms with Crippen molar-refractivity contribution < 1.29 is 5.11 Å². The summed E-state index contributed by atoms with van der Waals surface area (Å²) in [6.07, 6.45) is 3.77. The molecule has 0 radical (unpaired) electrons. The van der Waals surface area contributed by atoms with Crippen LogP contribution >= 0.6 is 11.8 Å². The predicted octanol–water partition coefficient (Wildman–Crippen LogP) is 2.03. The first-order valence-corrected chi connectivity index (χ1v) is 7.55. The highest BCUT2D eigenvalue weighted by Crippen LogP contribution is 2.33. The molecule has 0 bridgehead atoms. The summed E-state index contributed by atoms with van der Waals surface area (Å²) in [6.45, 7) is 1.02. The molecule has 96 valence electrons. The van der Waals surface area contributed by atoms with Gasteiger partial charge >= 0.3 is 0 Å². The molecular formula is C13H17N3OS. The van der Waals surface area contributed by atoms with E-state index in [1.54, 1.807) is 0 Å². The van der Waals surface area contributed by atoms with Crippen LogP contribution in [-0.4, -0.2) is 37.8 Å². The van der Waals surface area contributed by atoms with Gasteiger partial charge in [-0.1, -0.05) is 0 Å². The van der Waals surface area contributed by atoms with Crippen LogP contribution in [0.15, 0.2) is 18.3 Å². The summed E-state index contributed by atoms with van der Waals surface area (Å²) in [5, 5.41) is 9.04. The molecule has 1 aliphatic heterocycles. The van der Waals surface area contributed by atoms with Crippen molar-refractivity contribution in [3.8, 4) is 0 Å². The van der Waals surface area contributed by atoms with Crippen molar-refractivity contribution in [1.29, 1.82) is 0 Å². The second-order valence-corrected chi connectivity index (χ2v) is 5.76. The summed E-state index contributed by atoms with van der Waals surface area (Å²) in [5.41, 5.74) is 1.93. The van der Waals surface area contributed by atoms with Crippen molar-refractivity contribution in [2.45, 2.75) is 25.3 Å². The number of imidazole rings is 1. The molecule has 0 aromatic carbocycles. The zero-order chi connectivity index (χ0) is 12.4. The Hall–Kier alpha value is -1.07. The smallest absolute Gasteiger partial charge is 0.159 e. The molecule has 0 aliphatic carbocycles. The number of thioether (sulfide) groups is 1. The van der Waals surface area contributed by atoms with Crippen molar-refractivity contribution in [1.82, 2.24) is 14.5 Å². The van der Waals surface area contributed by atoms with Gasteiger partial charge in [0.05, 0.1) is 0 Å². The van der Waals surface area contributed by atoms with Gasteiger partial charge in [-0.2, -0.15) is 11.8 Å². The molecule has 1 fully saturated rings. The zero-order valence-electron chi connectivity index (χ0n) is 10.2. The molecule has 1 unspecified atom stereocenters. The van der Waals surface area contributed by atoms with Crippen LogP contribution in [0.2, 0.25) is 0 Å². The third-order valence-corrected chi connectivity index (χ3v) is 4.53. The van der Waals surface area contributed by atoms with Crippen LogP contribution in [0.5, 0.6) is 0 Å². The van der Waals surface area contributed by atoms with Crippen molar-refractivity contribution >= 4 is 22.9 Å². The van der Waals surface area contributed by atoms with E-state index in [2.05, 4.69) is 9.55 Å². The lowest BCUT2D eigenvalue weighted by molar-refractivity contribution is 0.279. The van der Waals surface area contributed by atoms with Crippen molar-refractivity contribution in [3.63, 3.8) is 0 Å². The Morgan fingerprint density at radius 1 is 1.50 bits per heavy atom. The Bertz CT molecular complexity index is 534. The average molecular weight is 263 g/mol. The van der Waals surface area contributed by atoms with Crippen LogP contribution in [0.25, 0.3) is 11.2 Å². The van der Waals surface area contributed by atoms with Gasteiger partial charge in [0.1, 0.15) is 11.3 Å². The van der Waals surface area contributed by atoms with Gasteiger partial charge in [-0.3, -0.25) is 0 Å². The molecule has 2 aromatic rings. The molecule has 0 amide bonds. The topological polar surface area (TPSA) is 50.9 Å². The van der Waals surface area contributed by atoms with Gasteiger partial charge in [0.2, 0.25) is 0 Å². The Morgan fingerprint density at radius 3 is 3.22 bits per heavy atom. The fourth-order valence-electron chi connectivity index (χ4n) is 2.48. The van der Waals surface area contributed by atoms with Gasteiger partial charge in [0, 0.05) is 31.0 Å². The Morgan fingerprint density at radius 2 is 2.44 bits per heavy atom. The SMILES string of the molecule is OCCCn1c(C2CCSC2)nc2cccnc21. The van der Waals surface area contributed by atoms with Crippen molar-refractivity contribution in [3.05, 3.63) is 24.2 Å². The molecule has 1 N–H and O–H groups in total. The Balaban J connectivity index is 2.04. The van der Waals surface area contributed by atoms with Crippen molar-refractivity contribution in [2.75, 3.05) is 18.1 Å². The highest BCUT2D eigenvalue weighted by atomic mass is 32.2. The molecule has 1 aliphatic rings. The van der Waals surface area contributed by atoms with Crippen LogP contribution in [0, 0.1) is 0 Å². The van der Waals surface area contributed by atoms with Crippen LogP contribution in [0.1, 0.15) is 24.6 Å². The number of aliphatic hydroxyl groups excluding tert-OH is 1. The van der Waals surface area contributed by atoms with Gasteiger partial charge in [0.25, 0.3) is 0 Å². The van der Waals surface area contributed by atoms with E-state index in [1.165, 1.54) is 12.2 Å². The molecule has 1 atom stereocenters. The number of hydrogen-bond acceptors (Lipinski definition) is 4. The zero-order valence-corrected chi connectivity index (χ0v) is 11.1. The first-order valence-electron chi connectivity index (χ1n) is 6.40. The number of fused-ring (bicyclic) bond motifs is 1. The van der Waals surface area contributed by atoms with E-state index in [9.17, 15) is 0 Å². The fraction of sp³-hybridized carbons (Fsp3) is 0.538. The molecule has 4 nitrogen and oxygen atoms in total. The summed E-state index contributed by atoms with van der Waals surface area (Å²) < 4.78 is 2.20. The van der Waals surface area contributed by atoms with E-state index in [4.69, 9.17) is 10.1 Å². The van der Waals surface area contributed by atoms with Crippen LogP contribution < -0.4 is 0 Å². The molecule has 3 rings (SSSR count). The minimum Gasteiger partial charge on any atom is -0.396 e. The summed E-state index contributed by atoms with van der Waals surface area (Å²) >= 11 is 2.00. The Kier molecular flexibility index (Phi) is 3.52. The van der Waals surface area contributed by atoms with Crippen LogP contribution in [0.3, 0.4) is 0 Å². The number of aromatic nitrogens is 3. The first kappa shape index (κ1) is 12.0. The highest BCUT2D eigenvalue weighted by molar-refractivity contribution is 7.99. The lowest BCUT2D eigenvalue weighted by Crippen LogP contribution is -2.10. The molecule has 2 aromatic heterocycles. The lowest BCUT2D eigenvalue weighted by atomic mass is 10.1. The van der Waals surface area contributed by atoms with E-state index in [0.29, 0.717) is 5.92 Å². The first-order chi connectivity index (χ1) is 8.90. The number of rotatable bonds is 4. The highest BCUT2D eigenvalue weighted by Gasteiger charge is 2.24. The number of hydrogen-bond donors (Lipinski definition) is 1. The summed E-state index contributed by atoms with van der Waals surface area (Å²) in [4.78, 5) is 9.19. The van der Waals surface area contributed by atoms with Crippen LogP contribution in [-0.2, 0) is 6.54 Å². The molecular weight excluding hydrogens is 246 g/mol. The lowest BCUT2D eigenvalue weighted by Gasteiger charge is -2.11. The monoisotopic (exact) mass is 263 g/mol. The standard InChI is InChI=1S/C13H17N3OS/c17-7-2-6-16-12(10-4-8-18-9-10)15-11-3-1-5-14-13(11)16/h1,3,5,10,17H,2,4,6-9H2. The summed E-state index contributed by atoms with van der Waals surface area (Å²) in [6, 6.07) is 3.95.